The lowest BCUT2D eigenvalue weighted by Gasteiger charge is -2.08. The molecule has 1 aromatic heterocycles. The van der Waals surface area contributed by atoms with Gasteiger partial charge in [0.1, 0.15) is 0 Å². The standard InChI is InChI=1S/C9H14ClN/c1-6(2)9-8(10)5-7(3)11(9)4/h5-6H,1-4H3. The Balaban J connectivity index is 3.22. The minimum Gasteiger partial charge on any atom is -0.350 e. The first-order valence-corrected chi connectivity index (χ1v) is 4.23. The fourth-order valence-electron chi connectivity index (χ4n) is 1.37. The molecule has 62 valence electrons. The van der Waals surface area contributed by atoms with Crippen molar-refractivity contribution in [2.24, 2.45) is 7.05 Å². The van der Waals surface area contributed by atoms with Crippen molar-refractivity contribution in [2.45, 2.75) is 26.7 Å². The number of rotatable bonds is 1. The van der Waals surface area contributed by atoms with E-state index in [1.54, 1.807) is 0 Å². The maximum atomic E-state index is 6.02. The highest BCUT2D eigenvalue weighted by atomic mass is 35.5. The molecule has 11 heavy (non-hydrogen) atoms. The topological polar surface area (TPSA) is 4.93 Å². The van der Waals surface area contributed by atoms with Gasteiger partial charge in [0.25, 0.3) is 0 Å². The van der Waals surface area contributed by atoms with Gasteiger partial charge in [0.2, 0.25) is 0 Å². The fourth-order valence-corrected chi connectivity index (χ4v) is 1.87. The highest BCUT2D eigenvalue weighted by Crippen LogP contribution is 2.26. The Morgan fingerprint density at radius 1 is 1.45 bits per heavy atom. The monoisotopic (exact) mass is 171 g/mol. The average Bonchev–Trinajstić information content (AvgIpc) is 2.07. The van der Waals surface area contributed by atoms with Crippen LogP contribution in [0.5, 0.6) is 0 Å². The SMILES string of the molecule is Cc1cc(Cl)c(C(C)C)n1C. The zero-order chi connectivity index (χ0) is 8.59. The van der Waals surface area contributed by atoms with Crippen molar-refractivity contribution in [3.8, 4) is 0 Å². The van der Waals surface area contributed by atoms with E-state index in [0.29, 0.717) is 5.92 Å². The Morgan fingerprint density at radius 3 is 2.18 bits per heavy atom. The number of aryl methyl sites for hydroxylation is 1. The lowest BCUT2D eigenvalue weighted by molar-refractivity contribution is 0.727. The van der Waals surface area contributed by atoms with Gasteiger partial charge in [-0.3, -0.25) is 0 Å². The molecule has 0 fully saturated rings. The van der Waals surface area contributed by atoms with E-state index in [1.807, 2.05) is 6.07 Å². The molecule has 0 aliphatic heterocycles. The van der Waals surface area contributed by atoms with E-state index in [9.17, 15) is 0 Å². The van der Waals surface area contributed by atoms with Crippen molar-refractivity contribution < 1.29 is 0 Å². The normalized spacial score (nSPS) is 11.1. The smallest absolute Gasteiger partial charge is 0.0620 e. The first-order chi connectivity index (χ1) is 5.04. The van der Waals surface area contributed by atoms with Gasteiger partial charge in [-0.2, -0.15) is 0 Å². The Kier molecular flexibility index (Phi) is 2.28. The number of hydrogen-bond donors (Lipinski definition) is 0. The molecular weight excluding hydrogens is 158 g/mol. The predicted octanol–water partition coefficient (Wildman–Crippen LogP) is 3.11. The van der Waals surface area contributed by atoms with Gasteiger partial charge >= 0.3 is 0 Å². The minimum absolute atomic E-state index is 0.501. The summed E-state index contributed by atoms with van der Waals surface area (Å²) in [5, 5.41) is 0.889. The summed E-state index contributed by atoms with van der Waals surface area (Å²) in [6.07, 6.45) is 0. The number of halogens is 1. The largest absolute Gasteiger partial charge is 0.350 e. The second kappa shape index (κ2) is 2.90. The molecular formula is C9H14ClN. The van der Waals surface area contributed by atoms with Crippen molar-refractivity contribution in [3.63, 3.8) is 0 Å². The van der Waals surface area contributed by atoms with E-state index >= 15 is 0 Å². The molecule has 0 aliphatic carbocycles. The van der Waals surface area contributed by atoms with Gasteiger partial charge in [-0.1, -0.05) is 25.4 Å². The van der Waals surface area contributed by atoms with Gasteiger partial charge in [-0.15, -0.1) is 0 Å². The molecule has 0 aromatic carbocycles. The summed E-state index contributed by atoms with van der Waals surface area (Å²) < 4.78 is 2.15. The van der Waals surface area contributed by atoms with E-state index in [0.717, 1.165) is 5.02 Å². The van der Waals surface area contributed by atoms with Crippen LogP contribution in [0.2, 0.25) is 5.02 Å². The summed E-state index contributed by atoms with van der Waals surface area (Å²) >= 11 is 6.02. The van der Waals surface area contributed by atoms with Crippen LogP contribution in [0.15, 0.2) is 6.07 Å². The molecule has 0 amide bonds. The van der Waals surface area contributed by atoms with Crippen molar-refractivity contribution in [1.82, 2.24) is 4.57 Å². The molecule has 0 aliphatic rings. The summed E-state index contributed by atoms with van der Waals surface area (Å²) in [6.45, 7) is 6.37. The second-order valence-electron chi connectivity index (χ2n) is 3.23. The van der Waals surface area contributed by atoms with Crippen LogP contribution >= 0.6 is 11.6 Å². The van der Waals surface area contributed by atoms with Gasteiger partial charge < -0.3 is 4.57 Å². The summed E-state index contributed by atoms with van der Waals surface area (Å²) in [7, 11) is 2.05. The zero-order valence-electron chi connectivity index (χ0n) is 7.48. The van der Waals surface area contributed by atoms with Gasteiger partial charge in [0, 0.05) is 18.4 Å². The molecule has 1 heterocycles. The second-order valence-corrected chi connectivity index (χ2v) is 3.64. The predicted molar refractivity (Wildman–Crippen MR) is 49.2 cm³/mol. The third-order valence-electron chi connectivity index (χ3n) is 2.02. The molecule has 0 radical (unpaired) electrons. The van der Waals surface area contributed by atoms with Crippen LogP contribution in [-0.4, -0.2) is 4.57 Å². The van der Waals surface area contributed by atoms with E-state index < -0.39 is 0 Å². The van der Waals surface area contributed by atoms with Crippen LogP contribution in [0.4, 0.5) is 0 Å². The van der Waals surface area contributed by atoms with Crippen LogP contribution in [0.3, 0.4) is 0 Å². The van der Waals surface area contributed by atoms with E-state index in [1.165, 1.54) is 11.4 Å². The van der Waals surface area contributed by atoms with Crippen LogP contribution in [0.1, 0.15) is 31.2 Å². The Bertz CT molecular complexity index is 261. The molecule has 0 atom stereocenters. The van der Waals surface area contributed by atoms with Crippen LogP contribution in [0.25, 0.3) is 0 Å². The lowest BCUT2D eigenvalue weighted by atomic mass is 10.1. The highest BCUT2D eigenvalue weighted by molar-refractivity contribution is 6.31. The Labute approximate surface area is 73.0 Å². The molecule has 0 spiro atoms. The van der Waals surface area contributed by atoms with Gasteiger partial charge in [-0.05, 0) is 18.9 Å². The van der Waals surface area contributed by atoms with Gasteiger partial charge in [0.05, 0.1) is 5.02 Å². The minimum atomic E-state index is 0.501. The third kappa shape index (κ3) is 1.43. The maximum Gasteiger partial charge on any atom is 0.0620 e. The zero-order valence-corrected chi connectivity index (χ0v) is 8.24. The van der Waals surface area contributed by atoms with Crippen molar-refractivity contribution in [2.75, 3.05) is 0 Å². The Morgan fingerprint density at radius 2 is 2.00 bits per heavy atom. The third-order valence-corrected chi connectivity index (χ3v) is 2.32. The molecule has 1 nitrogen and oxygen atoms in total. The number of nitrogens with zero attached hydrogens (tertiary/aromatic N) is 1. The quantitative estimate of drug-likeness (QED) is 0.612. The summed E-state index contributed by atoms with van der Waals surface area (Å²) in [5.74, 6) is 0.501. The molecule has 1 aromatic rings. The first kappa shape index (κ1) is 8.66. The molecule has 0 unspecified atom stereocenters. The van der Waals surface area contributed by atoms with E-state index in [4.69, 9.17) is 11.6 Å². The molecule has 0 saturated heterocycles. The van der Waals surface area contributed by atoms with E-state index in [2.05, 4.69) is 32.4 Å². The van der Waals surface area contributed by atoms with Crippen molar-refractivity contribution in [3.05, 3.63) is 22.5 Å². The molecule has 0 bridgehead atoms. The van der Waals surface area contributed by atoms with Crippen LogP contribution in [-0.2, 0) is 7.05 Å². The van der Waals surface area contributed by atoms with Crippen molar-refractivity contribution >= 4 is 11.6 Å². The number of hydrogen-bond acceptors (Lipinski definition) is 0. The summed E-state index contributed by atoms with van der Waals surface area (Å²) in [5.41, 5.74) is 2.45. The van der Waals surface area contributed by atoms with Crippen LogP contribution in [0, 0.1) is 6.92 Å². The molecule has 2 heteroatoms. The van der Waals surface area contributed by atoms with Crippen LogP contribution < -0.4 is 0 Å². The highest BCUT2D eigenvalue weighted by Gasteiger charge is 2.10. The molecule has 0 saturated carbocycles. The summed E-state index contributed by atoms with van der Waals surface area (Å²) in [6, 6.07) is 2.01. The Hall–Kier alpha value is -0.430. The average molecular weight is 172 g/mol. The summed E-state index contributed by atoms with van der Waals surface area (Å²) in [4.78, 5) is 0. The van der Waals surface area contributed by atoms with Gasteiger partial charge in [0.15, 0.2) is 0 Å². The lowest BCUT2D eigenvalue weighted by Crippen LogP contribution is -1.99. The maximum absolute atomic E-state index is 6.02. The van der Waals surface area contributed by atoms with Gasteiger partial charge in [-0.25, -0.2) is 0 Å². The first-order valence-electron chi connectivity index (χ1n) is 3.85. The number of aromatic nitrogens is 1. The molecule has 0 N–H and O–H groups in total. The van der Waals surface area contributed by atoms with Crippen molar-refractivity contribution in [1.29, 1.82) is 0 Å². The van der Waals surface area contributed by atoms with E-state index in [-0.39, 0.29) is 0 Å². The fraction of sp³-hybridized carbons (Fsp3) is 0.556. The molecule has 1 rings (SSSR count).